The molecule has 1 aliphatic heterocycles. The highest BCUT2D eigenvalue weighted by molar-refractivity contribution is 5.82. The van der Waals surface area contributed by atoms with E-state index in [-0.39, 0.29) is 18.6 Å². The second-order valence-electron chi connectivity index (χ2n) is 4.01. The third-order valence-electron chi connectivity index (χ3n) is 2.54. The van der Waals surface area contributed by atoms with E-state index in [1.807, 2.05) is 25.1 Å². The van der Waals surface area contributed by atoms with Crippen LogP contribution in [0, 0.1) is 0 Å². The highest BCUT2D eigenvalue weighted by Crippen LogP contribution is 2.30. The van der Waals surface area contributed by atoms with E-state index in [1.165, 1.54) is 0 Å². The average Bonchev–Trinajstić information content (AvgIpc) is 2.38. The fraction of sp³-hybridized carbons (Fsp3) is 0.417. The van der Waals surface area contributed by atoms with Crippen molar-refractivity contribution in [3.8, 4) is 11.5 Å². The van der Waals surface area contributed by atoms with E-state index in [0.717, 1.165) is 0 Å². The summed E-state index contributed by atoms with van der Waals surface area (Å²) in [5.41, 5.74) is 5.44. The summed E-state index contributed by atoms with van der Waals surface area (Å²) in [5.74, 6) is 1.07. The lowest BCUT2D eigenvalue weighted by Crippen LogP contribution is -2.48. The smallest absolute Gasteiger partial charge is 0.264 e. The Labute approximate surface area is 99.9 Å². The van der Waals surface area contributed by atoms with E-state index in [9.17, 15) is 4.79 Å². The number of carbonyl (C=O) groups excluding carboxylic acids is 1. The van der Waals surface area contributed by atoms with Gasteiger partial charge in [-0.05, 0) is 19.1 Å². The molecule has 2 rings (SSSR count). The Balaban J connectivity index is 2.00. The lowest BCUT2D eigenvalue weighted by Gasteiger charge is -2.26. The van der Waals surface area contributed by atoms with Crippen LogP contribution in [0.15, 0.2) is 24.3 Å². The van der Waals surface area contributed by atoms with Crippen LogP contribution in [-0.4, -0.2) is 31.2 Å². The number of amides is 1. The van der Waals surface area contributed by atoms with E-state index in [4.69, 9.17) is 15.2 Å². The Hall–Kier alpha value is -1.75. The molecule has 3 N–H and O–H groups in total. The van der Waals surface area contributed by atoms with Gasteiger partial charge in [0.1, 0.15) is 6.61 Å². The van der Waals surface area contributed by atoms with Gasteiger partial charge < -0.3 is 20.5 Å². The summed E-state index contributed by atoms with van der Waals surface area (Å²) in [7, 11) is 0. The maximum absolute atomic E-state index is 11.8. The van der Waals surface area contributed by atoms with Crippen molar-refractivity contribution in [3.63, 3.8) is 0 Å². The minimum absolute atomic E-state index is 0.0664. The summed E-state index contributed by atoms with van der Waals surface area (Å²) in [6.07, 6.45) is -0.612. The van der Waals surface area contributed by atoms with Crippen LogP contribution in [0.1, 0.15) is 6.92 Å². The highest BCUT2D eigenvalue weighted by Gasteiger charge is 2.27. The number of ether oxygens (including phenoxy) is 2. The molecule has 0 aliphatic carbocycles. The van der Waals surface area contributed by atoms with E-state index in [1.54, 1.807) is 6.07 Å². The summed E-state index contributed by atoms with van der Waals surface area (Å²) in [6.45, 7) is 2.46. The fourth-order valence-electron chi connectivity index (χ4n) is 1.54. The molecule has 0 radical (unpaired) electrons. The summed E-state index contributed by atoms with van der Waals surface area (Å²) in [6, 6.07) is 7.22. The first-order valence-corrected chi connectivity index (χ1v) is 5.59. The zero-order valence-electron chi connectivity index (χ0n) is 9.68. The number of benzene rings is 1. The third kappa shape index (κ3) is 2.68. The van der Waals surface area contributed by atoms with Crippen LogP contribution in [0.3, 0.4) is 0 Å². The van der Waals surface area contributed by atoms with E-state index in [2.05, 4.69) is 5.32 Å². The van der Waals surface area contributed by atoms with Gasteiger partial charge in [0.05, 0.1) is 0 Å². The molecule has 0 saturated carbocycles. The van der Waals surface area contributed by atoms with Crippen LogP contribution in [0.4, 0.5) is 0 Å². The van der Waals surface area contributed by atoms with Gasteiger partial charge in [-0.3, -0.25) is 4.79 Å². The summed E-state index contributed by atoms with van der Waals surface area (Å²) in [5, 5.41) is 2.76. The molecule has 1 aromatic rings. The Morgan fingerprint density at radius 2 is 2.24 bits per heavy atom. The molecule has 0 spiro atoms. The predicted molar refractivity (Wildman–Crippen MR) is 63.0 cm³/mol. The molecule has 0 bridgehead atoms. The number of nitrogens with two attached hydrogens (primary N) is 1. The molecular formula is C12H16N2O3. The predicted octanol–water partition coefficient (Wildman–Crippen LogP) is 0.290. The van der Waals surface area contributed by atoms with Crippen LogP contribution in [0.2, 0.25) is 0 Å². The first-order valence-electron chi connectivity index (χ1n) is 5.59. The topological polar surface area (TPSA) is 73.6 Å². The molecule has 0 fully saturated rings. The molecule has 5 heteroatoms. The second-order valence-corrected chi connectivity index (χ2v) is 4.01. The molecule has 1 heterocycles. The van der Waals surface area contributed by atoms with Crippen molar-refractivity contribution in [3.05, 3.63) is 24.3 Å². The number of nitrogens with one attached hydrogen (secondary N) is 1. The second kappa shape index (κ2) is 5.05. The average molecular weight is 236 g/mol. The van der Waals surface area contributed by atoms with Crippen LogP contribution in [-0.2, 0) is 4.79 Å². The minimum atomic E-state index is -0.612. The lowest BCUT2D eigenvalue weighted by molar-refractivity contribution is -0.130. The van der Waals surface area contributed by atoms with Crippen LogP contribution in [0.25, 0.3) is 0 Å². The zero-order chi connectivity index (χ0) is 12.3. The minimum Gasteiger partial charge on any atom is -0.485 e. The molecular weight excluding hydrogens is 220 g/mol. The van der Waals surface area contributed by atoms with Crippen molar-refractivity contribution in [2.24, 2.45) is 5.73 Å². The van der Waals surface area contributed by atoms with E-state index >= 15 is 0 Å². The number of fused-ring (bicyclic) bond motifs is 1. The zero-order valence-corrected chi connectivity index (χ0v) is 9.68. The van der Waals surface area contributed by atoms with Gasteiger partial charge in [-0.15, -0.1) is 0 Å². The van der Waals surface area contributed by atoms with Crippen molar-refractivity contribution >= 4 is 5.91 Å². The summed E-state index contributed by atoms with van der Waals surface area (Å²) >= 11 is 0. The van der Waals surface area contributed by atoms with Crippen molar-refractivity contribution in [1.29, 1.82) is 0 Å². The Morgan fingerprint density at radius 1 is 1.53 bits per heavy atom. The van der Waals surface area contributed by atoms with Crippen LogP contribution >= 0.6 is 0 Å². The first-order chi connectivity index (χ1) is 8.20. The van der Waals surface area contributed by atoms with Crippen molar-refractivity contribution in [2.75, 3.05) is 13.2 Å². The molecule has 1 aliphatic rings. The molecule has 0 aromatic heterocycles. The van der Waals surface area contributed by atoms with Gasteiger partial charge >= 0.3 is 0 Å². The van der Waals surface area contributed by atoms with Gasteiger partial charge in [0.15, 0.2) is 11.5 Å². The molecule has 2 atom stereocenters. The highest BCUT2D eigenvalue weighted by atomic mass is 16.6. The van der Waals surface area contributed by atoms with Gasteiger partial charge in [0, 0.05) is 12.6 Å². The molecule has 92 valence electrons. The van der Waals surface area contributed by atoms with Crippen molar-refractivity contribution < 1.29 is 14.3 Å². The maximum atomic E-state index is 11.8. The van der Waals surface area contributed by atoms with Crippen molar-refractivity contribution in [2.45, 2.75) is 19.1 Å². The summed E-state index contributed by atoms with van der Waals surface area (Å²) in [4.78, 5) is 11.8. The number of carbonyl (C=O) groups is 1. The first kappa shape index (κ1) is 11.7. The Morgan fingerprint density at radius 3 is 2.94 bits per heavy atom. The van der Waals surface area contributed by atoms with Gasteiger partial charge in [0.25, 0.3) is 5.91 Å². The molecule has 0 saturated heterocycles. The van der Waals surface area contributed by atoms with Gasteiger partial charge in [0.2, 0.25) is 6.10 Å². The maximum Gasteiger partial charge on any atom is 0.264 e. The molecule has 5 nitrogen and oxygen atoms in total. The Kier molecular flexibility index (Phi) is 3.49. The van der Waals surface area contributed by atoms with Crippen molar-refractivity contribution in [1.82, 2.24) is 5.32 Å². The number of hydrogen-bond acceptors (Lipinski definition) is 4. The molecule has 2 unspecified atom stereocenters. The number of hydrogen-bond donors (Lipinski definition) is 2. The molecule has 1 aromatic carbocycles. The normalized spacial score (nSPS) is 19.5. The number of rotatable bonds is 3. The van der Waals surface area contributed by atoms with E-state index < -0.39 is 6.10 Å². The SMILES string of the molecule is CC(CN)NC(=O)C1COc2ccccc2O1. The standard InChI is InChI=1S/C12H16N2O3/c1-8(6-13)14-12(15)11-7-16-9-4-2-3-5-10(9)17-11/h2-5,8,11H,6-7,13H2,1H3,(H,14,15). The Bertz CT molecular complexity index is 408. The quantitative estimate of drug-likeness (QED) is 0.791. The molecule has 17 heavy (non-hydrogen) atoms. The van der Waals surface area contributed by atoms with Gasteiger partial charge in [-0.1, -0.05) is 12.1 Å². The van der Waals surface area contributed by atoms with Crippen LogP contribution < -0.4 is 20.5 Å². The van der Waals surface area contributed by atoms with Gasteiger partial charge in [-0.25, -0.2) is 0 Å². The lowest BCUT2D eigenvalue weighted by atomic mass is 10.2. The monoisotopic (exact) mass is 236 g/mol. The van der Waals surface area contributed by atoms with Crippen LogP contribution in [0.5, 0.6) is 11.5 Å². The van der Waals surface area contributed by atoms with E-state index in [0.29, 0.717) is 18.0 Å². The largest absolute Gasteiger partial charge is 0.485 e. The summed E-state index contributed by atoms with van der Waals surface area (Å²) < 4.78 is 11.0. The fourth-order valence-corrected chi connectivity index (χ4v) is 1.54. The molecule has 1 amide bonds. The third-order valence-corrected chi connectivity index (χ3v) is 2.54. The van der Waals surface area contributed by atoms with Gasteiger partial charge in [-0.2, -0.15) is 0 Å². The number of para-hydroxylation sites is 2.